The summed E-state index contributed by atoms with van der Waals surface area (Å²) in [6, 6.07) is 4.39. The maximum Gasteiger partial charge on any atom is 0.269 e. The van der Waals surface area contributed by atoms with Crippen LogP contribution in [-0.2, 0) is 6.42 Å². The van der Waals surface area contributed by atoms with Gasteiger partial charge < -0.3 is 9.84 Å². The molecule has 0 aromatic heterocycles. The molecule has 1 rings (SSSR count). The van der Waals surface area contributed by atoms with Crippen LogP contribution in [0.3, 0.4) is 0 Å². The lowest BCUT2D eigenvalue weighted by atomic mass is 10.1. The largest absolute Gasteiger partial charge is 0.494 e. The van der Waals surface area contributed by atoms with Crippen LogP contribution in [-0.4, -0.2) is 23.2 Å². The second-order valence-corrected chi connectivity index (χ2v) is 2.96. The number of aliphatic hydroxyl groups excluding tert-OH is 1. The van der Waals surface area contributed by atoms with Crippen LogP contribution < -0.4 is 4.74 Å². The van der Waals surface area contributed by atoms with Crippen LogP contribution in [0.15, 0.2) is 18.2 Å². The number of hydrogen-bond acceptors (Lipinski definition) is 4. The third-order valence-corrected chi connectivity index (χ3v) is 1.94. The third kappa shape index (κ3) is 2.92. The third-order valence-electron chi connectivity index (χ3n) is 1.94. The Balaban J connectivity index is 3.02. The van der Waals surface area contributed by atoms with Crippen LogP contribution in [0, 0.1) is 10.1 Å². The van der Waals surface area contributed by atoms with Gasteiger partial charge in [0.25, 0.3) is 5.69 Å². The number of rotatable bonds is 5. The first-order valence-electron chi connectivity index (χ1n) is 4.70. The molecule has 0 aliphatic carbocycles. The van der Waals surface area contributed by atoms with Crippen LogP contribution in [0.5, 0.6) is 5.75 Å². The normalized spacial score (nSPS) is 10.0. The van der Waals surface area contributed by atoms with Crippen molar-refractivity contribution in [3.8, 4) is 5.75 Å². The quantitative estimate of drug-likeness (QED) is 0.592. The summed E-state index contributed by atoms with van der Waals surface area (Å²) < 4.78 is 5.29. The van der Waals surface area contributed by atoms with Crippen LogP contribution in [0.25, 0.3) is 0 Å². The molecule has 82 valence electrons. The fourth-order valence-electron chi connectivity index (χ4n) is 1.29. The summed E-state index contributed by atoms with van der Waals surface area (Å²) in [5.41, 5.74) is 0.676. The molecule has 0 fully saturated rings. The van der Waals surface area contributed by atoms with Gasteiger partial charge >= 0.3 is 0 Å². The topological polar surface area (TPSA) is 72.6 Å². The Morgan fingerprint density at radius 2 is 2.27 bits per heavy atom. The van der Waals surface area contributed by atoms with Gasteiger partial charge in [-0.3, -0.25) is 10.1 Å². The lowest BCUT2D eigenvalue weighted by Crippen LogP contribution is -2.00. The number of non-ortho nitro benzene ring substituents is 1. The molecule has 0 heterocycles. The number of hydrogen-bond donors (Lipinski definition) is 1. The van der Waals surface area contributed by atoms with Gasteiger partial charge in [-0.15, -0.1) is 0 Å². The minimum Gasteiger partial charge on any atom is -0.494 e. The van der Waals surface area contributed by atoms with Gasteiger partial charge in [0.15, 0.2) is 0 Å². The van der Waals surface area contributed by atoms with Gasteiger partial charge in [0.05, 0.1) is 11.5 Å². The summed E-state index contributed by atoms with van der Waals surface area (Å²) in [4.78, 5) is 10.1. The molecular formula is C10H13NO4. The van der Waals surface area contributed by atoms with Gasteiger partial charge in [-0.05, 0) is 19.4 Å². The van der Waals surface area contributed by atoms with Gasteiger partial charge in [-0.2, -0.15) is 0 Å². The maximum atomic E-state index is 10.5. The molecule has 0 saturated carbocycles. The molecule has 0 spiro atoms. The van der Waals surface area contributed by atoms with Gasteiger partial charge in [-0.1, -0.05) is 0 Å². The van der Waals surface area contributed by atoms with Crippen molar-refractivity contribution < 1.29 is 14.8 Å². The van der Waals surface area contributed by atoms with E-state index in [1.165, 1.54) is 12.1 Å². The predicted octanol–water partition coefficient (Wildman–Crippen LogP) is 1.53. The van der Waals surface area contributed by atoms with Crippen molar-refractivity contribution in [1.82, 2.24) is 0 Å². The van der Waals surface area contributed by atoms with Crippen molar-refractivity contribution in [2.45, 2.75) is 13.3 Å². The highest BCUT2D eigenvalue weighted by Crippen LogP contribution is 2.24. The van der Waals surface area contributed by atoms with Gasteiger partial charge in [0.1, 0.15) is 5.75 Å². The Hall–Kier alpha value is -1.62. The zero-order valence-electron chi connectivity index (χ0n) is 8.47. The lowest BCUT2D eigenvalue weighted by molar-refractivity contribution is -0.384. The Kier molecular flexibility index (Phi) is 4.05. The number of nitro benzene ring substituents is 1. The van der Waals surface area contributed by atoms with E-state index in [0.29, 0.717) is 24.3 Å². The van der Waals surface area contributed by atoms with Crippen LogP contribution in [0.4, 0.5) is 5.69 Å². The molecule has 1 aromatic carbocycles. The minimum atomic E-state index is -0.462. The molecule has 0 bridgehead atoms. The molecule has 0 atom stereocenters. The summed E-state index contributed by atoms with van der Waals surface area (Å²) in [5.74, 6) is 0.595. The van der Waals surface area contributed by atoms with Crippen molar-refractivity contribution in [2.24, 2.45) is 0 Å². The summed E-state index contributed by atoms with van der Waals surface area (Å²) in [7, 11) is 0. The van der Waals surface area contributed by atoms with E-state index in [1.807, 2.05) is 6.92 Å². The van der Waals surface area contributed by atoms with Gasteiger partial charge in [0, 0.05) is 24.3 Å². The molecule has 0 unspecified atom stereocenters. The molecule has 1 aromatic rings. The van der Waals surface area contributed by atoms with Crippen molar-refractivity contribution >= 4 is 5.69 Å². The summed E-state index contributed by atoms with van der Waals surface area (Å²) in [6.45, 7) is 2.28. The molecular weight excluding hydrogens is 198 g/mol. The molecule has 0 amide bonds. The second kappa shape index (κ2) is 5.31. The van der Waals surface area contributed by atoms with Crippen LogP contribution >= 0.6 is 0 Å². The summed E-state index contributed by atoms with van der Waals surface area (Å²) >= 11 is 0. The first-order valence-corrected chi connectivity index (χ1v) is 4.70. The van der Waals surface area contributed by atoms with E-state index in [2.05, 4.69) is 0 Å². The second-order valence-electron chi connectivity index (χ2n) is 2.96. The molecule has 1 N–H and O–H groups in total. The minimum absolute atomic E-state index is 0.0157. The number of ether oxygens (including phenoxy) is 1. The van der Waals surface area contributed by atoms with Crippen molar-refractivity contribution in [1.29, 1.82) is 0 Å². The average Bonchev–Trinajstić information content (AvgIpc) is 2.21. The smallest absolute Gasteiger partial charge is 0.269 e. The first-order chi connectivity index (χ1) is 7.19. The molecule has 5 nitrogen and oxygen atoms in total. The Morgan fingerprint density at radius 3 is 2.80 bits per heavy atom. The van der Waals surface area contributed by atoms with E-state index < -0.39 is 4.92 Å². The van der Waals surface area contributed by atoms with Gasteiger partial charge in [0.2, 0.25) is 0 Å². The molecule has 0 aliphatic rings. The highest BCUT2D eigenvalue weighted by Gasteiger charge is 2.10. The van der Waals surface area contributed by atoms with E-state index in [1.54, 1.807) is 6.07 Å². The highest BCUT2D eigenvalue weighted by molar-refractivity contribution is 5.43. The van der Waals surface area contributed by atoms with Crippen molar-refractivity contribution in [3.05, 3.63) is 33.9 Å². The van der Waals surface area contributed by atoms with Crippen molar-refractivity contribution in [2.75, 3.05) is 13.2 Å². The predicted molar refractivity (Wildman–Crippen MR) is 55.1 cm³/mol. The molecule has 5 heteroatoms. The summed E-state index contributed by atoms with van der Waals surface area (Å²) in [6.07, 6.45) is 0.358. The lowest BCUT2D eigenvalue weighted by Gasteiger charge is -2.08. The number of nitro groups is 1. The van der Waals surface area contributed by atoms with E-state index in [9.17, 15) is 10.1 Å². The summed E-state index contributed by atoms with van der Waals surface area (Å²) in [5, 5.41) is 19.3. The maximum absolute atomic E-state index is 10.5. The zero-order valence-corrected chi connectivity index (χ0v) is 8.47. The Morgan fingerprint density at radius 1 is 1.53 bits per heavy atom. The average molecular weight is 211 g/mol. The standard InChI is InChI=1S/C10H13NO4/c1-2-15-10-4-3-9(11(13)14)7-8(10)5-6-12/h3-4,7,12H,2,5-6H2,1H3. The van der Waals surface area contributed by atoms with E-state index in [-0.39, 0.29) is 12.3 Å². The Labute approximate surface area is 87.5 Å². The fraction of sp³-hybridized carbons (Fsp3) is 0.400. The fourth-order valence-corrected chi connectivity index (χ4v) is 1.29. The number of aliphatic hydroxyl groups is 1. The van der Waals surface area contributed by atoms with E-state index >= 15 is 0 Å². The van der Waals surface area contributed by atoms with Crippen molar-refractivity contribution in [3.63, 3.8) is 0 Å². The van der Waals surface area contributed by atoms with E-state index in [0.717, 1.165) is 0 Å². The number of nitrogens with zero attached hydrogens (tertiary/aromatic N) is 1. The van der Waals surface area contributed by atoms with Gasteiger partial charge in [-0.25, -0.2) is 0 Å². The molecule has 0 aliphatic heterocycles. The molecule has 0 radical (unpaired) electrons. The van der Waals surface area contributed by atoms with Crippen LogP contribution in [0.1, 0.15) is 12.5 Å². The molecule has 15 heavy (non-hydrogen) atoms. The van der Waals surface area contributed by atoms with Crippen LogP contribution in [0.2, 0.25) is 0 Å². The first kappa shape index (κ1) is 11.5. The molecule has 0 saturated heterocycles. The Bertz CT molecular complexity index is 351. The van der Waals surface area contributed by atoms with E-state index in [4.69, 9.17) is 9.84 Å². The number of benzene rings is 1. The SMILES string of the molecule is CCOc1ccc([N+](=O)[O-])cc1CCO. The highest BCUT2D eigenvalue weighted by atomic mass is 16.6. The monoisotopic (exact) mass is 211 g/mol. The zero-order chi connectivity index (χ0) is 11.3.